The molecule has 0 amide bonds. The highest BCUT2D eigenvalue weighted by molar-refractivity contribution is 4.79. The lowest BCUT2D eigenvalue weighted by molar-refractivity contribution is 0.119. The van der Waals surface area contributed by atoms with E-state index in [1.165, 1.54) is 19.3 Å². The lowest BCUT2D eigenvalue weighted by Crippen LogP contribution is -2.44. The van der Waals surface area contributed by atoms with Crippen molar-refractivity contribution in [1.29, 1.82) is 0 Å². The van der Waals surface area contributed by atoms with Gasteiger partial charge in [0.15, 0.2) is 0 Å². The molecule has 0 bridgehead atoms. The second kappa shape index (κ2) is 8.10. The van der Waals surface area contributed by atoms with Gasteiger partial charge in [-0.25, -0.2) is 0 Å². The Morgan fingerprint density at radius 3 is 2.06 bits per heavy atom. The molecule has 0 heterocycles. The van der Waals surface area contributed by atoms with Crippen molar-refractivity contribution in [2.75, 3.05) is 19.6 Å². The van der Waals surface area contributed by atoms with Crippen LogP contribution >= 0.6 is 0 Å². The maximum Gasteiger partial charge on any atom is 0.00952 e. The fraction of sp³-hybridized carbons (Fsp3) is 1.00. The summed E-state index contributed by atoms with van der Waals surface area (Å²) < 4.78 is 0. The second-order valence-corrected chi connectivity index (χ2v) is 6.24. The monoisotopic (exact) mass is 242 g/mol. The normalized spacial score (nSPS) is 16.2. The molecule has 0 aliphatic carbocycles. The van der Waals surface area contributed by atoms with Crippen LogP contribution in [0.1, 0.15) is 60.8 Å². The van der Waals surface area contributed by atoms with E-state index in [2.05, 4.69) is 46.4 Å². The van der Waals surface area contributed by atoms with Crippen LogP contribution in [-0.4, -0.2) is 30.6 Å². The van der Waals surface area contributed by atoms with Crippen LogP contribution in [0.3, 0.4) is 0 Å². The minimum absolute atomic E-state index is 0.235. The van der Waals surface area contributed by atoms with Crippen molar-refractivity contribution in [1.82, 2.24) is 4.90 Å². The molecule has 2 nitrogen and oxygen atoms in total. The highest BCUT2D eigenvalue weighted by atomic mass is 15.2. The van der Waals surface area contributed by atoms with E-state index in [1.54, 1.807) is 0 Å². The van der Waals surface area contributed by atoms with Gasteiger partial charge in [-0.1, -0.05) is 48.0 Å². The smallest absolute Gasteiger partial charge is 0.00952 e. The van der Waals surface area contributed by atoms with Gasteiger partial charge in [0.2, 0.25) is 0 Å². The molecule has 0 aliphatic rings. The molecule has 2 atom stereocenters. The highest BCUT2D eigenvalue weighted by Crippen LogP contribution is 2.22. The van der Waals surface area contributed by atoms with Gasteiger partial charge in [0, 0.05) is 12.6 Å². The average Bonchev–Trinajstić information content (AvgIpc) is 2.32. The third kappa shape index (κ3) is 6.42. The van der Waals surface area contributed by atoms with Crippen molar-refractivity contribution in [2.24, 2.45) is 17.1 Å². The Bertz CT molecular complexity index is 189. The van der Waals surface area contributed by atoms with Crippen LogP contribution in [-0.2, 0) is 0 Å². The minimum atomic E-state index is 0.235. The molecule has 2 heteroatoms. The van der Waals surface area contributed by atoms with Crippen molar-refractivity contribution in [2.45, 2.75) is 66.8 Å². The molecule has 0 fully saturated rings. The molecule has 17 heavy (non-hydrogen) atoms. The zero-order valence-corrected chi connectivity index (χ0v) is 12.9. The molecule has 2 N–H and O–H groups in total. The van der Waals surface area contributed by atoms with Crippen LogP contribution in [0.4, 0.5) is 0 Å². The molecule has 2 unspecified atom stereocenters. The summed E-state index contributed by atoms with van der Waals surface area (Å²) in [7, 11) is 0. The van der Waals surface area contributed by atoms with E-state index in [0.29, 0.717) is 0 Å². The third-order valence-corrected chi connectivity index (χ3v) is 3.95. The molecule has 0 aromatic rings. The van der Waals surface area contributed by atoms with Crippen LogP contribution in [0.15, 0.2) is 0 Å². The first kappa shape index (κ1) is 16.9. The van der Waals surface area contributed by atoms with Gasteiger partial charge in [-0.3, -0.25) is 0 Å². The first-order chi connectivity index (χ1) is 7.90. The summed E-state index contributed by atoms with van der Waals surface area (Å²) in [6.07, 6.45) is 3.86. The Morgan fingerprint density at radius 2 is 1.71 bits per heavy atom. The van der Waals surface area contributed by atoms with E-state index in [9.17, 15) is 0 Å². The molecule has 104 valence electrons. The molecular weight excluding hydrogens is 208 g/mol. The van der Waals surface area contributed by atoms with Gasteiger partial charge in [0.05, 0.1) is 0 Å². The lowest BCUT2D eigenvalue weighted by atomic mass is 9.90. The number of hydrogen-bond donors (Lipinski definition) is 1. The van der Waals surface area contributed by atoms with Crippen LogP contribution < -0.4 is 5.73 Å². The Morgan fingerprint density at radius 1 is 1.12 bits per heavy atom. The largest absolute Gasteiger partial charge is 0.330 e. The van der Waals surface area contributed by atoms with Gasteiger partial charge >= 0.3 is 0 Å². The summed E-state index contributed by atoms with van der Waals surface area (Å²) in [6.45, 7) is 16.8. The highest BCUT2D eigenvalue weighted by Gasteiger charge is 2.24. The number of rotatable bonds is 9. The fourth-order valence-electron chi connectivity index (χ4n) is 2.32. The SMILES string of the molecule is CCC(C)CC(CC)N(CC)CC(C)(C)CN. The molecular formula is C15H34N2. The Kier molecular flexibility index (Phi) is 8.06. The molecule has 0 saturated carbocycles. The number of nitrogens with two attached hydrogens (primary N) is 1. The van der Waals surface area contributed by atoms with Crippen molar-refractivity contribution < 1.29 is 0 Å². The predicted octanol–water partition coefficient (Wildman–Crippen LogP) is 3.51. The van der Waals surface area contributed by atoms with Crippen LogP contribution in [0, 0.1) is 11.3 Å². The van der Waals surface area contributed by atoms with E-state index < -0.39 is 0 Å². The summed E-state index contributed by atoms with van der Waals surface area (Å²) in [5.41, 5.74) is 6.09. The van der Waals surface area contributed by atoms with Crippen molar-refractivity contribution in [3.05, 3.63) is 0 Å². The van der Waals surface area contributed by atoms with Gasteiger partial charge in [-0.15, -0.1) is 0 Å². The molecule has 0 rings (SSSR count). The molecule has 0 radical (unpaired) electrons. The summed E-state index contributed by atoms with van der Waals surface area (Å²) in [5, 5.41) is 0. The number of hydrogen-bond acceptors (Lipinski definition) is 2. The van der Waals surface area contributed by atoms with Crippen molar-refractivity contribution in [3.63, 3.8) is 0 Å². The van der Waals surface area contributed by atoms with E-state index in [4.69, 9.17) is 5.73 Å². The molecule has 0 aliphatic heterocycles. The first-order valence-electron chi connectivity index (χ1n) is 7.34. The van der Waals surface area contributed by atoms with Crippen LogP contribution in [0.25, 0.3) is 0 Å². The quantitative estimate of drug-likeness (QED) is 0.670. The van der Waals surface area contributed by atoms with Crippen molar-refractivity contribution in [3.8, 4) is 0 Å². The Hall–Kier alpha value is -0.0800. The Labute approximate surface area is 109 Å². The number of nitrogens with zero attached hydrogens (tertiary/aromatic N) is 1. The van der Waals surface area contributed by atoms with E-state index >= 15 is 0 Å². The predicted molar refractivity (Wildman–Crippen MR) is 78.2 cm³/mol. The second-order valence-electron chi connectivity index (χ2n) is 6.24. The van der Waals surface area contributed by atoms with Crippen LogP contribution in [0.5, 0.6) is 0 Å². The fourth-order valence-corrected chi connectivity index (χ4v) is 2.32. The van der Waals surface area contributed by atoms with Gasteiger partial charge in [-0.05, 0) is 37.3 Å². The maximum absolute atomic E-state index is 5.85. The zero-order valence-electron chi connectivity index (χ0n) is 12.9. The van der Waals surface area contributed by atoms with Gasteiger partial charge in [0.1, 0.15) is 0 Å². The average molecular weight is 242 g/mol. The molecule has 0 spiro atoms. The summed E-state index contributed by atoms with van der Waals surface area (Å²) in [6, 6.07) is 0.723. The van der Waals surface area contributed by atoms with Gasteiger partial charge < -0.3 is 10.6 Å². The molecule has 0 saturated heterocycles. The standard InChI is InChI=1S/C15H34N2/c1-7-13(4)10-14(8-2)17(9-3)12-15(5,6)11-16/h13-14H,7-12,16H2,1-6H3. The maximum atomic E-state index is 5.85. The van der Waals surface area contributed by atoms with E-state index in [0.717, 1.165) is 31.6 Å². The summed E-state index contributed by atoms with van der Waals surface area (Å²) >= 11 is 0. The minimum Gasteiger partial charge on any atom is -0.330 e. The first-order valence-corrected chi connectivity index (χ1v) is 7.34. The van der Waals surface area contributed by atoms with Crippen LogP contribution in [0.2, 0.25) is 0 Å². The molecule has 0 aromatic heterocycles. The van der Waals surface area contributed by atoms with E-state index in [1.807, 2.05) is 0 Å². The molecule has 0 aromatic carbocycles. The third-order valence-electron chi connectivity index (χ3n) is 3.95. The zero-order chi connectivity index (χ0) is 13.5. The van der Waals surface area contributed by atoms with E-state index in [-0.39, 0.29) is 5.41 Å². The van der Waals surface area contributed by atoms with Crippen molar-refractivity contribution >= 4 is 0 Å². The topological polar surface area (TPSA) is 29.3 Å². The Balaban J connectivity index is 4.48. The lowest BCUT2D eigenvalue weighted by Gasteiger charge is -2.37. The summed E-state index contributed by atoms with van der Waals surface area (Å²) in [4.78, 5) is 2.62. The van der Waals surface area contributed by atoms with Gasteiger partial charge in [-0.2, -0.15) is 0 Å². The summed E-state index contributed by atoms with van der Waals surface area (Å²) in [5.74, 6) is 0.829. The van der Waals surface area contributed by atoms with Gasteiger partial charge in [0.25, 0.3) is 0 Å².